The van der Waals surface area contributed by atoms with Crippen LogP contribution in [0.4, 0.5) is 0 Å². The highest BCUT2D eigenvalue weighted by molar-refractivity contribution is 5.58. The third-order valence-electron chi connectivity index (χ3n) is 2.64. The Morgan fingerprint density at radius 2 is 2.50 bits per heavy atom. The van der Waals surface area contributed by atoms with Gasteiger partial charge in [0.2, 0.25) is 0 Å². The van der Waals surface area contributed by atoms with E-state index in [0.717, 1.165) is 32.5 Å². The standard InChI is InChI=1S/C8H14N2O2/c11-3-8-7-1-2-9-5-10(8)6-12-4-7/h3,7-9H,1-2,4-6H2. The van der Waals surface area contributed by atoms with Gasteiger partial charge in [-0.3, -0.25) is 4.90 Å². The maximum atomic E-state index is 10.8. The molecule has 0 aliphatic carbocycles. The number of carbonyl (C=O) groups excluding carboxylic acids is 1. The topological polar surface area (TPSA) is 41.6 Å². The number of hydrogen-bond donors (Lipinski definition) is 1. The highest BCUT2D eigenvalue weighted by Gasteiger charge is 2.32. The van der Waals surface area contributed by atoms with Gasteiger partial charge in [0.15, 0.2) is 0 Å². The fourth-order valence-electron chi connectivity index (χ4n) is 1.92. The molecule has 2 bridgehead atoms. The van der Waals surface area contributed by atoms with E-state index in [-0.39, 0.29) is 6.04 Å². The maximum absolute atomic E-state index is 10.8. The van der Waals surface area contributed by atoms with E-state index in [1.807, 2.05) is 4.90 Å². The third-order valence-corrected chi connectivity index (χ3v) is 2.64. The average Bonchev–Trinajstić information content (AvgIpc) is 2.21. The quantitative estimate of drug-likeness (QED) is 0.534. The Labute approximate surface area is 71.9 Å². The molecule has 0 spiro atoms. The summed E-state index contributed by atoms with van der Waals surface area (Å²) in [5.41, 5.74) is 0. The van der Waals surface area contributed by atoms with Gasteiger partial charge >= 0.3 is 0 Å². The number of nitrogens with one attached hydrogen (secondary N) is 1. The van der Waals surface area contributed by atoms with Crippen molar-refractivity contribution in [1.82, 2.24) is 10.2 Å². The Morgan fingerprint density at radius 3 is 3.33 bits per heavy atom. The van der Waals surface area contributed by atoms with Crippen molar-refractivity contribution in [2.75, 3.05) is 26.6 Å². The van der Waals surface area contributed by atoms with E-state index in [9.17, 15) is 4.79 Å². The van der Waals surface area contributed by atoms with Crippen molar-refractivity contribution in [2.45, 2.75) is 12.5 Å². The number of nitrogens with zero attached hydrogens (tertiary/aromatic N) is 1. The molecule has 3 atom stereocenters. The molecule has 2 aliphatic rings. The molecule has 2 fully saturated rings. The summed E-state index contributed by atoms with van der Waals surface area (Å²) in [5, 5.41) is 3.27. The van der Waals surface area contributed by atoms with Gasteiger partial charge in [0.05, 0.1) is 19.3 Å². The molecular formula is C8H14N2O2. The molecule has 4 nitrogen and oxygen atoms in total. The summed E-state index contributed by atoms with van der Waals surface area (Å²) in [4.78, 5) is 12.9. The highest BCUT2D eigenvalue weighted by atomic mass is 16.5. The number of hydrogen-bond acceptors (Lipinski definition) is 4. The number of aldehydes is 1. The molecule has 1 N–H and O–H groups in total. The summed E-state index contributed by atoms with van der Waals surface area (Å²) >= 11 is 0. The molecular weight excluding hydrogens is 156 g/mol. The Balaban J connectivity index is 2.11. The van der Waals surface area contributed by atoms with Crippen molar-refractivity contribution in [1.29, 1.82) is 0 Å². The van der Waals surface area contributed by atoms with Gasteiger partial charge in [-0.1, -0.05) is 0 Å². The highest BCUT2D eigenvalue weighted by Crippen LogP contribution is 2.20. The molecule has 0 aromatic rings. The summed E-state index contributed by atoms with van der Waals surface area (Å²) < 4.78 is 5.38. The zero-order chi connectivity index (χ0) is 8.39. The minimum absolute atomic E-state index is 0.0775. The molecule has 68 valence electrons. The van der Waals surface area contributed by atoms with Crippen LogP contribution in [0.2, 0.25) is 0 Å². The first-order valence-electron chi connectivity index (χ1n) is 4.39. The second-order valence-corrected chi connectivity index (χ2v) is 3.42. The van der Waals surface area contributed by atoms with Crippen LogP contribution in [-0.2, 0) is 9.53 Å². The van der Waals surface area contributed by atoms with Crippen molar-refractivity contribution in [3.63, 3.8) is 0 Å². The van der Waals surface area contributed by atoms with Crippen LogP contribution in [0.1, 0.15) is 6.42 Å². The predicted octanol–water partition coefficient (Wildman–Crippen LogP) is -0.589. The van der Waals surface area contributed by atoms with Gasteiger partial charge in [-0.15, -0.1) is 0 Å². The molecule has 2 saturated heterocycles. The van der Waals surface area contributed by atoms with Crippen LogP contribution < -0.4 is 5.32 Å². The van der Waals surface area contributed by atoms with Crippen molar-refractivity contribution < 1.29 is 9.53 Å². The SMILES string of the molecule is O=CC1C2CCNCN1COC2. The molecule has 4 heteroatoms. The van der Waals surface area contributed by atoms with Gasteiger partial charge in [0.1, 0.15) is 13.0 Å². The van der Waals surface area contributed by atoms with E-state index in [1.165, 1.54) is 0 Å². The van der Waals surface area contributed by atoms with Crippen LogP contribution >= 0.6 is 0 Å². The molecule has 0 radical (unpaired) electrons. The van der Waals surface area contributed by atoms with E-state index in [1.54, 1.807) is 0 Å². The van der Waals surface area contributed by atoms with Crippen molar-refractivity contribution in [2.24, 2.45) is 5.92 Å². The van der Waals surface area contributed by atoms with E-state index in [2.05, 4.69) is 5.32 Å². The van der Waals surface area contributed by atoms with Gasteiger partial charge in [0, 0.05) is 5.92 Å². The van der Waals surface area contributed by atoms with E-state index in [4.69, 9.17) is 4.74 Å². The Hall–Kier alpha value is -0.450. The fourth-order valence-corrected chi connectivity index (χ4v) is 1.92. The Kier molecular flexibility index (Phi) is 2.39. The van der Waals surface area contributed by atoms with Crippen LogP contribution in [0.15, 0.2) is 0 Å². The number of rotatable bonds is 1. The van der Waals surface area contributed by atoms with Crippen LogP contribution in [0.3, 0.4) is 0 Å². The first kappa shape index (κ1) is 8.16. The lowest BCUT2D eigenvalue weighted by molar-refractivity contribution is -0.127. The second kappa shape index (κ2) is 3.51. The summed E-state index contributed by atoms with van der Waals surface area (Å²) in [5.74, 6) is 0.395. The lowest BCUT2D eigenvalue weighted by atomic mass is 9.97. The first-order chi connectivity index (χ1) is 5.92. The molecule has 3 unspecified atom stereocenters. The summed E-state index contributed by atoms with van der Waals surface area (Å²) in [6.45, 7) is 3.10. The van der Waals surface area contributed by atoms with E-state index >= 15 is 0 Å². The minimum Gasteiger partial charge on any atom is -0.366 e. The van der Waals surface area contributed by atoms with Gasteiger partial charge in [0.25, 0.3) is 0 Å². The van der Waals surface area contributed by atoms with Gasteiger partial charge in [-0.25, -0.2) is 0 Å². The molecule has 2 aliphatic heterocycles. The maximum Gasteiger partial charge on any atom is 0.137 e. The largest absolute Gasteiger partial charge is 0.366 e. The molecule has 0 aromatic heterocycles. The van der Waals surface area contributed by atoms with E-state index in [0.29, 0.717) is 12.6 Å². The van der Waals surface area contributed by atoms with Crippen molar-refractivity contribution in [3.05, 3.63) is 0 Å². The summed E-state index contributed by atoms with van der Waals surface area (Å²) in [6, 6.07) is 0.0775. The van der Waals surface area contributed by atoms with Crippen LogP contribution in [0.5, 0.6) is 0 Å². The lowest BCUT2D eigenvalue weighted by Crippen LogP contribution is -2.49. The third kappa shape index (κ3) is 1.37. The Bertz CT molecular complexity index is 160. The normalized spacial score (nSPS) is 41.8. The number of carbonyl (C=O) groups is 1. The fraction of sp³-hybridized carbons (Fsp3) is 0.875. The van der Waals surface area contributed by atoms with Crippen LogP contribution in [-0.4, -0.2) is 43.8 Å². The minimum atomic E-state index is 0.0775. The molecule has 2 heterocycles. The zero-order valence-electron chi connectivity index (χ0n) is 7.03. The monoisotopic (exact) mass is 170 g/mol. The van der Waals surface area contributed by atoms with Crippen molar-refractivity contribution in [3.8, 4) is 0 Å². The zero-order valence-corrected chi connectivity index (χ0v) is 7.03. The molecule has 0 amide bonds. The van der Waals surface area contributed by atoms with Crippen LogP contribution in [0.25, 0.3) is 0 Å². The van der Waals surface area contributed by atoms with Gasteiger partial charge in [-0.2, -0.15) is 0 Å². The molecule has 0 saturated carbocycles. The van der Waals surface area contributed by atoms with Crippen molar-refractivity contribution >= 4 is 6.29 Å². The number of fused-ring (bicyclic) bond motifs is 2. The lowest BCUT2D eigenvalue weighted by Gasteiger charge is -2.35. The van der Waals surface area contributed by atoms with Crippen LogP contribution in [0, 0.1) is 5.92 Å². The second-order valence-electron chi connectivity index (χ2n) is 3.42. The first-order valence-corrected chi connectivity index (χ1v) is 4.39. The van der Waals surface area contributed by atoms with Gasteiger partial charge < -0.3 is 14.8 Å². The molecule has 2 rings (SSSR count). The summed E-state index contributed by atoms with van der Waals surface area (Å²) in [7, 11) is 0. The summed E-state index contributed by atoms with van der Waals surface area (Å²) in [6.07, 6.45) is 2.10. The smallest absolute Gasteiger partial charge is 0.137 e. The van der Waals surface area contributed by atoms with Gasteiger partial charge in [-0.05, 0) is 13.0 Å². The predicted molar refractivity (Wildman–Crippen MR) is 43.5 cm³/mol. The Morgan fingerprint density at radius 1 is 1.58 bits per heavy atom. The molecule has 12 heavy (non-hydrogen) atoms. The number of ether oxygens (including phenoxy) is 1. The average molecular weight is 170 g/mol. The molecule has 0 aromatic carbocycles. The van der Waals surface area contributed by atoms with E-state index < -0.39 is 0 Å².